The fourth-order valence-corrected chi connectivity index (χ4v) is 4.65. The van der Waals surface area contributed by atoms with E-state index in [0.717, 1.165) is 16.3 Å². The topological polar surface area (TPSA) is 80.4 Å². The quantitative estimate of drug-likeness (QED) is 0.237. The zero-order valence-electron chi connectivity index (χ0n) is 17.9. The zero-order chi connectivity index (χ0) is 23.2. The molecule has 6 nitrogen and oxygen atoms in total. The first-order valence-corrected chi connectivity index (χ1v) is 10.8. The number of esters is 1. The number of hydrogen-bond donors (Lipinski definition) is 1. The van der Waals surface area contributed by atoms with Crippen molar-refractivity contribution in [2.24, 2.45) is 5.18 Å². The number of aromatic nitrogens is 1. The minimum Gasteiger partial charge on any atom is -0.505 e. The predicted molar refractivity (Wildman–Crippen MR) is 133 cm³/mol. The molecule has 0 aliphatic heterocycles. The Bertz CT molecular complexity index is 1750. The number of phenols is 1. The maximum absolute atomic E-state index is 13.5. The van der Waals surface area contributed by atoms with E-state index in [2.05, 4.69) is 5.18 Å². The summed E-state index contributed by atoms with van der Waals surface area (Å²) in [6, 6.07) is 26.0. The maximum atomic E-state index is 13.5. The molecule has 0 atom stereocenters. The van der Waals surface area contributed by atoms with Gasteiger partial charge in [0.1, 0.15) is 18.0 Å². The van der Waals surface area contributed by atoms with Gasteiger partial charge in [0, 0.05) is 22.4 Å². The molecule has 0 aliphatic rings. The zero-order valence-corrected chi connectivity index (χ0v) is 17.9. The van der Waals surface area contributed by atoms with Crippen molar-refractivity contribution in [3.05, 3.63) is 107 Å². The van der Waals surface area contributed by atoms with Gasteiger partial charge in [-0.2, -0.15) is 0 Å². The number of pyridine rings is 1. The lowest BCUT2D eigenvalue weighted by molar-refractivity contribution is 0.0477. The molecule has 2 aromatic heterocycles. The fourth-order valence-electron chi connectivity index (χ4n) is 4.65. The highest BCUT2D eigenvalue weighted by Gasteiger charge is 2.27. The summed E-state index contributed by atoms with van der Waals surface area (Å²) in [6.45, 7) is 0.0789. The highest BCUT2D eigenvalue weighted by Crippen LogP contribution is 2.46. The van der Waals surface area contributed by atoms with Gasteiger partial charge in [0.05, 0.1) is 16.6 Å². The van der Waals surface area contributed by atoms with Gasteiger partial charge >= 0.3 is 5.97 Å². The number of nitroso groups, excluding NO2 is 1. The van der Waals surface area contributed by atoms with Gasteiger partial charge in [0.15, 0.2) is 0 Å². The highest BCUT2D eigenvalue weighted by molar-refractivity contribution is 6.24. The van der Waals surface area contributed by atoms with Crippen molar-refractivity contribution in [2.45, 2.75) is 6.61 Å². The van der Waals surface area contributed by atoms with Crippen molar-refractivity contribution in [1.29, 1.82) is 0 Å². The van der Waals surface area contributed by atoms with E-state index in [1.807, 2.05) is 66.9 Å². The molecule has 0 saturated carbocycles. The summed E-state index contributed by atoms with van der Waals surface area (Å²) in [5.41, 5.74) is 2.02. The Morgan fingerprint density at radius 1 is 0.882 bits per heavy atom. The molecule has 6 rings (SSSR count). The lowest BCUT2D eigenvalue weighted by atomic mass is 10.0. The molecule has 1 N–H and O–H groups in total. The van der Waals surface area contributed by atoms with Gasteiger partial charge < -0.3 is 14.2 Å². The first-order valence-electron chi connectivity index (χ1n) is 10.8. The third-order valence-electron chi connectivity index (χ3n) is 6.21. The van der Waals surface area contributed by atoms with Crippen LogP contribution >= 0.6 is 0 Å². The second-order valence-electron chi connectivity index (χ2n) is 8.15. The standard InChI is InChI=1S/C28H18N2O4/c31-27-21-13-7-6-12-20(21)25(29-33)24-23(28(32)34-16-17-8-2-1-3-9-17)22-14-18-10-4-5-11-19(18)15-30(22)26(24)27/h1-15,31H,16H2. The van der Waals surface area contributed by atoms with Gasteiger partial charge in [0.2, 0.25) is 0 Å². The van der Waals surface area contributed by atoms with Crippen molar-refractivity contribution in [3.8, 4) is 5.75 Å². The van der Waals surface area contributed by atoms with Crippen LogP contribution in [0.1, 0.15) is 15.9 Å². The van der Waals surface area contributed by atoms with Crippen molar-refractivity contribution < 1.29 is 14.6 Å². The number of carbonyl (C=O) groups excluding carboxylic acids is 1. The number of ether oxygens (including phenoxy) is 1. The summed E-state index contributed by atoms with van der Waals surface area (Å²) in [5.74, 6) is -0.614. The lowest BCUT2D eigenvalue weighted by Crippen LogP contribution is -2.05. The van der Waals surface area contributed by atoms with Gasteiger partial charge in [-0.1, -0.05) is 78.9 Å². The molecule has 0 spiro atoms. The predicted octanol–water partition coefficient (Wildman–Crippen LogP) is 6.86. The molecular formula is C28H18N2O4. The molecule has 6 aromatic rings. The van der Waals surface area contributed by atoms with E-state index in [-0.39, 0.29) is 29.0 Å². The Kier molecular flexibility index (Phi) is 4.52. The summed E-state index contributed by atoms with van der Waals surface area (Å²) >= 11 is 0. The highest BCUT2D eigenvalue weighted by atomic mass is 16.5. The van der Waals surface area contributed by atoms with E-state index in [1.54, 1.807) is 28.7 Å². The van der Waals surface area contributed by atoms with Crippen LogP contribution in [-0.2, 0) is 11.3 Å². The van der Waals surface area contributed by atoms with E-state index in [1.165, 1.54) is 0 Å². The molecule has 0 bridgehead atoms. The van der Waals surface area contributed by atoms with E-state index in [9.17, 15) is 14.8 Å². The summed E-state index contributed by atoms with van der Waals surface area (Å²) in [7, 11) is 0. The van der Waals surface area contributed by atoms with Gasteiger partial charge in [-0.05, 0) is 27.6 Å². The van der Waals surface area contributed by atoms with Crippen molar-refractivity contribution in [2.75, 3.05) is 0 Å². The Hall–Kier alpha value is -4.71. The van der Waals surface area contributed by atoms with Crippen LogP contribution in [0.2, 0.25) is 0 Å². The van der Waals surface area contributed by atoms with Crippen molar-refractivity contribution in [1.82, 2.24) is 4.40 Å². The second kappa shape index (κ2) is 7.71. The second-order valence-corrected chi connectivity index (χ2v) is 8.15. The average Bonchev–Trinajstić information content (AvgIpc) is 3.21. The maximum Gasteiger partial charge on any atom is 0.341 e. The molecule has 0 saturated heterocycles. The molecule has 4 aromatic carbocycles. The number of phenolic OH excluding ortho intramolecular Hbond substituents is 1. The van der Waals surface area contributed by atoms with Gasteiger partial charge in [-0.15, -0.1) is 4.91 Å². The Labute approximate surface area is 193 Å². The third-order valence-corrected chi connectivity index (χ3v) is 6.21. The Morgan fingerprint density at radius 3 is 2.32 bits per heavy atom. The Morgan fingerprint density at radius 2 is 1.56 bits per heavy atom. The summed E-state index contributed by atoms with van der Waals surface area (Å²) < 4.78 is 7.42. The molecule has 0 unspecified atom stereocenters. The van der Waals surface area contributed by atoms with Crippen molar-refractivity contribution in [3.63, 3.8) is 0 Å². The van der Waals surface area contributed by atoms with E-state index in [4.69, 9.17) is 4.74 Å². The molecule has 0 amide bonds. The van der Waals surface area contributed by atoms with Crippen molar-refractivity contribution >= 4 is 49.6 Å². The third kappa shape index (κ3) is 2.93. The Balaban J connectivity index is 1.71. The minimum absolute atomic E-state index is 0.0228. The van der Waals surface area contributed by atoms with Crippen LogP contribution < -0.4 is 0 Å². The lowest BCUT2D eigenvalue weighted by Gasteiger charge is -2.08. The minimum atomic E-state index is -0.591. The molecular weight excluding hydrogens is 428 g/mol. The molecule has 2 heterocycles. The number of aromatic hydroxyl groups is 1. The number of carbonyl (C=O) groups is 1. The summed E-state index contributed by atoms with van der Waals surface area (Å²) in [5, 5.41) is 17.7. The van der Waals surface area contributed by atoms with E-state index in [0.29, 0.717) is 21.8 Å². The molecule has 6 heteroatoms. The monoisotopic (exact) mass is 446 g/mol. The number of rotatable bonds is 4. The number of fused-ring (bicyclic) bond motifs is 5. The van der Waals surface area contributed by atoms with Gasteiger partial charge in [0.25, 0.3) is 0 Å². The molecule has 0 fully saturated rings. The van der Waals surface area contributed by atoms with Crippen LogP contribution in [0, 0.1) is 4.91 Å². The first-order chi connectivity index (χ1) is 16.7. The fraction of sp³-hybridized carbons (Fsp3) is 0.0357. The average molecular weight is 446 g/mol. The molecule has 164 valence electrons. The van der Waals surface area contributed by atoms with Crippen LogP contribution in [0.25, 0.3) is 38.0 Å². The summed E-state index contributed by atoms with van der Waals surface area (Å²) in [6.07, 6.45) is 1.85. The van der Waals surface area contributed by atoms with Crippen LogP contribution in [-0.4, -0.2) is 15.5 Å². The smallest absolute Gasteiger partial charge is 0.341 e. The van der Waals surface area contributed by atoms with Gasteiger partial charge in [-0.3, -0.25) is 0 Å². The summed E-state index contributed by atoms with van der Waals surface area (Å²) in [4.78, 5) is 25.6. The van der Waals surface area contributed by atoms with E-state index < -0.39 is 5.97 Å². The van der Waals surface area contributed by atoms with E-state index >= 15 is 0 Å². The van der Waals surface area contributed by atoms with Crippen LogP contribution in [0.15, 0.2) is 96.3 Å². The molecule has 34 heavy (non-hydrogen) atoms. The number of nitrogens with zero attached hydrogens (tertiary/aromatic N) is 2. The number of hydrogen-bond acceptors (Lipinski definition) is 5. The first kappa shape index (κ1) is 19.9. The molecule has 0 aliphatic carbocycles. The van der Waals surface area contributed by atoms with Gasteiger partial charge in [-0.25, -0.2) is 4.79 Å². The van der Waals surface area contributed by atoms with Crippen LogP contribution in [0.4, 0.5) is 5.69 Å². The number of benzene rings is 4. The van der Waals surface area contributed by atoms with Crippen LogP contribution in [0.5, 0.6) is 5.75 Å². The normalized spacial score (nSPS) is 11.4. The van der Waals surface area contributed by atoms with Crippen LogP contribution in [0.3, 0.4) is 0 Å². The molecule has 0 radical (unpaired) electrons. The largest absolute Gasteiger partial charge is 0.505 e. The SMILES string of the molecule is O=Nc1c2ccccc2c(O)c2c1c(C(=O)OCc1ccccc1)c1cc3ccccc3cn12.